The van der Waals surface area contributed by atoms with E-state index in [1.807, 2.05) is 12.1 Å². The molecule has 0 radical (unpaired) electrons. The minimum atomic E-state index is -0.554. The van der Waals surface area contributed by atoms with Crippen molar-refractivity contribution in [2.45, 2.75) is 13.2 Å². The molecule has 0 spiro atoms. The van der Waals surface area contributed by atoms with E-state index in [2.05, 4.69) is 14.8 Å². The molecule has 0 unspecified atom stereocenters. The third-order valence-corrected chi connectivity index (χ3v) is 5.12. The predicted molar refractivity (Wildman–Crippen MR) is 123 cm³/mol. The Morgan fingerprint density at radius 1 is 0.758 bits per heavy atom. The largest absolute Gasteiger partial charge is 0.465 e. The van der Waals surface area contributed by atoms with Crippen LogP contribution in [0.15, 0.2) is 66.7 Å². The van der Waals surface area contributed by atoms with Crippen LogP contribution >= 0.6 is 11.6 Å². The molecular weight excluding hydrogens is 446 g/mol. The van der Waals surface area contributed by atoms with Gasteiger partial charge in [-0.3, -0.25) is 0 Å². The maximum Gasteiger partial charge on any atom is 0.339 e. The molecule has 0 saturated carbocycles. The zero-order chi connectivity index (χ0) is 23.8. The van der Waals surface area contributed by atoms with Crippen molar-refractivity contribution in [2.75, 3.05) is 19.5 Å². The number of halogens is 1. The second-order valence-electron chi connectivity index (χ2n) is 7.00. The number of methoxy groups -OCH3 is 2. The molecule has 0 bridgehead atoms. The summed E-state index contributed by atoms with van der Waals surface area (Å²) in [5.41, 5.74) is 3.55. The number of hydrogen-bond donors (Lipinski definition) is 1. The molecule has 8 heteroatoms. The summed E-state index contributed by atoms with van der Waals surface area (Å²) in [7, 11) is 2.65. The monoisotopic (exact) mass is 467 g/mol. The smallest absolute Gasteiger partial charge is 0.339 e. The summed E-state index contributed by atoms with van der Waals surface area (Å²) in [4.78, 5) is 35.4. The van der Waals surface area contributed by atoms with Gasteiger partial charge in [0.05, 0.1) is 35.9 Å². The van der Waals surface area contributed by atoms with Gasteiger partial charge < -0.3 is 19.5 Å². The van der Waals surface area contributed by atoms with Gasteiger partial charge in [-0.15, -0.1) is 0 Å². The molecule has 0 heterocycles. The third-order valence-electron chi connectivity index (χ3n) is 4.81. The first-order chi connectivity index (χ1) is 15.9. The lowest BCUT2D eigenvalue weighted by Gasteiger charge is -2.10. The highest BCUT2D eigenvalue weighted by molar-refractivity contribution is 6.33. The summed E-state index contributed by atoms with van der Waals surface area (Å²) in [6.07, 6.45) is 0. The van der Waals surface area contributed by atoms with E-state index in [4.69, 9.17) is 16.3 Å². The van der Waals surface area contributed by atoms with Gasteiger partial charge in [-0.2, -0.15) is 0 Å². The van der Waals surface area contributed by atoms with Crippen LogP contribution in [0.5, 0.6) is 0 Å². The van der Waals surface area contributed by atoms with Crippen LogP contribution in [0.3, 0.4) is 0 Å². The van der Waals surface area contributed by atoms with Crippen molar-refractivity contribution >= 4 is 35.2 Å². The standard InChI is InChI=1S/C25H22ClNO6/c1-31-23(28)18-7-3-16(4-8-18)14-27-20-11-12-21(22(26)13-20)25(30)33-15-17-5-9-19(10-6-17)24(29)32-2/h3-13,27H,14-15H2,1-2H3. The molecule has 0 amide bonds. The second-order valence-corrected chi connectivity index (χ2v) is 7.41. The first-order valence-electron chi connectivity index (χ1n) is 9.96. The van der Waals surface area contributed by atoms with E-state index in [9.17, 15) is 14.4 Å². The maximum absolute atomic E-state index is 12.4. The molecule has 3 aromatic carbocycles. The first kappa shape index (κ1) is 23.8. The van der Waals surface area contributed by atoms with Crippen LogP contribution in [0.4, 0.5) is 5.69 Å². The fraction of sp³-hybridized carbons (Fsp3) is 0.160. The van der Waals surface area contributed by atoms with Crippen molar-refractivity contribution in [3.05, 3.63) is 99.6 Å². The Kier molecular flexibility index (Phi) is 8.05. The summed E-state index contributed by atoms with van der Waals surface area (Å²) < 4.78 is 14.7. The van der Waals surface area contributed by atoms with E-state index < -0.39 is 11.9 Å². The average molecular weight is 468 g/mol. The van der Waals surface area contributed by atoms with Gasteiger partial charge in [-0.25, -0.2) is 14.4 Å². The highest BCUT2D eigenvalue weighted by atomic mass is 35.5. The third kappa shape index (κ3) is 6.33. The van der Waals surface area contributed by atoms with Gasteiger partial charge in [-0.05, 0) is 53.6 Å². The molecular formula is C25H22ClNO6. The summed E-state index contributed by atoms with van der Waals surface area (Å²) in [6.45, 7) is 0.543. The zero-order valence-electron chi connectivity index (χ0n) is 18.1. The lowest BCUT2D eigenvalue weighted by molar-refractivity contribution is 0.0471. The van der Waals surface area contributed by atoms with Crippen LogP contribution in [0.25, 0.3) is 0 Å². The van der Waals surface area contributed by atoms with Crippen LogP contribution in [0.2, 0.25) is 5.02 Å². The molecule has 0 atom stereocenters. The van der Waals surface area contributed by atoms with Crippen molar-refractivity contribution in [3.63, 3.8) is 0 Å². The first-order valence-corrected chi connectivity index (χ1v) is 10.3. The number of ether oxygens (including phenoxy) is 3. The van der Waals surface area contributed by atoms with Crippen LogP contribution in [0, 0.1) is 0 Å². The van der Waals surface area contributed by atoms with E-state index in [-0.39, 0.29) is 23.2 Å². The van der Waals surface area contributed by atoms with Gasteiger partial charge in [0.15, 0.2) is 0 Å². The number of carbonyl (C=O) groups is 3. The Balaban J connectivity index is 1.55. The van der Waals surface area contributed by atoms with Crippen molar-refractivity contribution in [1.82, 2.24) is 0 Å². The number of anilines is 1. The molecule has 0 aromatic heterocycles. The van der Waals surface area contributed by atoms with E-state index in [0.717, 1.165) is 16.8 Å². The van der Waals surface area contributed by atoms with E-state index in [1.165, 1.54) is 14.2 Å². The fourth-order valence-corrected chi connectivity index (χ4v) is 3.21. The van der Waals surface area contributed by atoms with Crippen LogP contribution < -0.4 is 5.32 Å². The number of hydrogen-bond acceptors (Lipinski definition) is 7. The summed E-state index contributed by atoms with van der Waals surface area (Å²) in [5, 5.41) is 3.47. The van der Waals surface area contributed by atoms with E-state index >= 15 is 0 Å². The number of rotatable bonds is 8. The number of benzene rings is 3. The van der Waals surface area contributed by atoms with Crippen molar-refractivity contribution in [2.24, 2.45) is 0 Å². The molecule has 170 valence electrons. The lowest BCUT2D eigenvalue weighted by atomic mass is 10.1. The number of nitrogens with one attached hydrogen (secondary N) is 1. The van der Waals surface area contributed by atoms with Gasteiger partial charge >= 0.3 is 17.9 Å². The van der Waals surface area contributed by atoms with Crippen molar-refractivity contribution in [3.8, 4) is 0 Å². The molecule has 0 aliphatic rings. The van der Waals surface area contributed by atoms with E-state index in [1.54, 1.807) is 54.6 Å². The topological polar surface area (TPSA) is 90.9 Å². The van der Waals surface area contributed by atoms with Gasteiger partial charge in [0, 0.05) is 12.2 Å². The number of carbonyl (C=O) groups excluding carboxylic acids is 3. The van der Waals surface area contributed by atoms with Gasteiger partial charge in [0.25, 0.3) is 0 Å². The Morgan fingerprint density at radius 3 is 1.82 bits per heavy atom. The Bertz CT molecular complexity index is 1140. The van der Waals surface area contributed by atoms with Crippen LogP contribution in [-0.4, -0.2) is 32.1 Å². The molecule has 0 aliphatic heterocycles. The summed E-state index contributed by atoms with van der Waals surface area (Å²) >= 11 is 6.29. The molecule has 0 fully saturated rings. The Labute approximate surface area is 196 Å². The zero-order valence-corrected chi connectivity index (χ0v) is 18.8. The molecule has 0 aliphatic carbocycles. The molecule has 1 N–H and O–H groups in total. The Hall–Kier alpha value is -3.84. The minimum absolute atomic E-state index is 0.0399. The number of esters is 3. The van der Waals surface area contributed by atoms with Gasteiger partial charge in [0.2, 0.25) is 0 Å². The quantitative estimate of drug-likeness (QED) is 0.373. The predicted octanol–water partition coefficient (Wildman–Crippen LogP) is 4.88. The molecule has 0 saturated heterocycles. The van der Waals surface area contributed by atoms with Gasteiger partial charge in [-0.1, -0.05) is 35.9 Å². The van der Waals surface area contributed by atoms with Crippen molar-refractivity contribution < 1.29 is 28.6 Å². The normalized spacial score (nSPS) is 10.3. The molecule has 7 nitrogen and oxygen atoms in total. The highest BCUT2D eigenvalue weighted by Gasteiger charge is 2.13. The minimum Gasteiger partial charge on any atom is -0.465 e. The maximum atomic E-state index is 12.4. The van der Waals surface area contributed by atoms with Crippen molar-refractivity contribution in [1.29, 1.82) is 0 Å². The lowest BCUT2D eigenvalue weighted by Crippen LogP contribution is -2.07. The summed E-state index contributed by atoms with van der Waals surface area (Å²) in [6, 6.07) is 18.6. The second kappa shape index (κ2) is 11.2. The Morgan fingerprint density at radius 2 is 1.30 bits per heavy atom. The fourth-order valence-electron chi connectivity index (χ4n) is 2.95. The SMILES string of the molecule is COC(=O)c1ccc(CNc2ccc(C(=O)OCc3ccc(C(=O)OC)cc3)c(Cl)c2)cc1. The van der Waals surface area contributed by atoms with E-state index in [0.29, 0.717) is 17.7 Å². The van der Waals surface area contributed by atoms with Crippen LogP contribution in [-0.2, 0) is 27.4 Å². The van der Waals surface area contributed by atoms with Crippen LogP contribution in [0.1, 0.15) is 42.2 Å². The molecule has 33 heavy (non-hydrogen) atoms. The summed E-state index contributed by atoms with van der Waals surface area (Å²) in [5.74, 6) is -1.37. The molecule has 3 aromatic rings. The highest BCUT2D eigenvalue weighted by Crippen LogP contribution is 2.23. The molecule has 3 rings (SSSR count). The van der Waals surface area contributed by atoms with Gasteiger partial charge in [0.1, 0.15) is 6.61 Å². The average Bonchev–Trinajstić information content (AvgIpc) is 2.85.